The normalized spacial score (nSPS) is 23.3. The molecule has 2 aromatic rings. The summed E-state index contributed by atoms with van der Waals surface area (Å²) in [5, 5.41) is 0.672. The van der Waals surface area contributed by atoms with E-state index < -0.39 is 5.54 Å². The Hall–Kier alpha value is -2.04. The molecule has 2 atom stereocenters. The molecular formula is C20H23ClN2O2. The van der Waals surface area contributed by atoms with Crippen molar-refractivity contribution in [2.75, 3.05) is 6.54 Å². The van der Waals surface area contributed by atoms with Crippen LogP contribution in [-0.4, -0.2) is 23.6 Å². The van der Waals surface area contributed by atoms with Crippen LogP contribution in [0.25, 0.3) is 0 Å². The molecule has 0 bridgehead atoms. The maximum atomic E-state index is 12.8. The van der Waals surface area contributed by atoms with Crippen LogP contribution in [0.3, 0.4) is 0 Å². The topological polar surface area (TPSA) is 55.6 Å². The van der Waals surface area contributed by atoms with Gasteiger partial charge in [-0.25, -0.2) is 4.79 Å². The number of hydrogen-bond donors (Lipinski definition) is 1. The lowest BCUT2D eigenvalue weighted by molar-refractivity contribution is 0.0247. The molecule has 1 amide bonds. The Labute approximate surface area is 153 Å². The summed E-state index contributed by atoms with van der Waals surface area (Å²) in [7, 11) is 0. The lowest BCUT2D eigenvalue weighted by Crippen LogP contribution is -2.55. The van der Waals surface area contributed by atoms with E-state index >= 15 is 0 Å². The van der Waals surface area contributed by atoms with E-state index in [0.717, 1.165) is 17.5 Å². The van der Waals surface area contributed by atoms with Crippen LogP contribution < -0.4 is 5.73 Å². The smallest absolute Gasteiger partial charge is 0.410 e. The van der Waals surface area contributed by atoms with Gasteiger partial charge in [-0.05, 0) is 43.0 Å². The number of likely N-dealkylation sites (tertiary alicyclic amines) is 1. The van der Waals surface area contributed by atoms with Crippen LogP contribution in [-0.2, 0) is 16.9 Å². The molecule has 25 heavy (non-hydrogen) atoms. The Balaban J connectivity index is 1.79. The van der Waals surface area contributed by atoms with E-state index in [0.29, 0.717) is 18.0 Å². The van der Waals surface area contributed by atoms with Crippen molar-refractivity contribution in [1.29, 1.82) is 0 Å². The van der Waals surface area contributed by atoms with E-state index in [1.807, 2.05) is 61.5 Å². The molecule has 1 fully saturated rings. The second-order valence-corrected chi connectivity index (χ2v) is 7.16. The van der Waals surface area contributed by atoms with Gasteiger partial charge in [0.05, 0.1) is 5.54 Å². The van der Waals surface area contributed by atoms with E-state index in [4.69, 9.17) is 22.1 Å². The van der Waals surface area contributed by atoms with Crippen molar-refractivity contribution < 1.29 is 9.53 Å². The first-order valence-electron chi connectivity index (χ1n) is 8.49. The summed E-state index contributed by atoms with van der Waals surface area (Å²) in [5.41, 5.74) is 7.68. The van der Waals surface area contributed by atoms with Crippen LogP contribution >= 0.6 is 11.6 Å². The summed E-state index contributed by atoms with van der Waals surface area (Å²) in [5.74, 6) is 0. The standard InChI is InChI=1S/C20H23ClN2O2/c1-20(16-7-9-17(21)10-8-16)13-18(22)11-12-23(20)19(24)25-14-15-5-3-2-4-6-15/h2-10,18H,11-14,22H2,1H3. The second-order valence-electron chi connectivity index (χ2n) is 6.73. The number of hydrogen-bond acceptors (Lipinski definition) is 3. The van der Waals surface area contributed by atoms with E-state index in [1.54, 1.807) is 4.90 Å². The summed E-state index contributed by atoms with van der Waals surface area (Å²) in [6, 6.07) is 17.3. The summed E-state index contributed by atoms with van der Waals surface area (Å²) in [4.78, 5) is 14.6. The number of ether oxygens (including phenoxy) is 1. The van der Waals surface area contributed by atoms with Crippen molar-refractivity contribution in [2.45, 2.75) is 38.0 Å². The van der Waals surface area contributed by atoms with Gasteiger partial charge in [0, 0.05) is 17.6 Å². The molecule has 2 aromatic carbocycles. The van der Waals surface area contributed by atoms with Crippen molar-refractivity contribution in [1.82, 2.24) is 4.90 Å². The Morgan fingerprint density at radius 1 is 1.24 bits per heavy atom. The van der Waals surface area contributed by atoms with E-state index in [-0.39, 0.29) is 18.7 Å². The van der Waals surface area contributed by atoms with Gasteiger partial charge in [0.2, 0.25) is 0 Å². The van der Waals surface area contributed by atoms with Gasteiger partial charge in [-0.3, -0.25) is 4.90 Å². The Kier molecular flexibility index (Phi) is 5.30. The number of halogens is 1. The lowest BCUT2D eigenvalue weighted by Gasteiger charge is -2.46. The zero-order valence-electron chi connectivity index (χ0n) is 14.3. The van der Waals surface area contributed by atoms with Gasteiger partial charge >= 0.3 is 6.09 Å². The molecule has 5 heteroatoms. The summed E-state index contributed by atoms with van der Waals surface area (Å²) in [6.45, 7) is 2.88. The fourth-order valence-corrected chi connectivity index (χ4v) is 3.56. The Morgan fingerprint density at radius 3 is 2.60 bits per heavy atom. The minimum absolute atomic E-state index is 0.0545. The maximum Gasteiger partial charge on any atom is 0.410 e. The lowest BCUT2D eigenvalue weighted by atomic mass is 9.80. The minimum atomic E-state index is -0.504. The van der Waals surface area contributed by atoms with Crippen LogP contribution in [0.4, 0.5) is 4.79 Å². The molecule has 1 heterocycles. The molecule has 0 aromatic heterocycles. The Bertz CT molecular complexity index is 720. The van der Waals surface area contributed by atoms with Crippen molar-refractivity contribution in [2.24, 2.45) is 5.73 Å². The van der Waals surface area contributed by atoms with Crippen LogP contribution in [0.1, 0.15) is 30.9 Å². The number of rotatable bonds is 3. The van der Waals surface area contributed by atoms with E-state index in [2.05, 4.69) is 0 Å². The third kappa shape index (κ3) is 3.97. The number of nitrogens with zero attached hydrogens (tertiary/aromatic N) is 1. The monoisotopic (exact) mass is 358 g/mol. The Morgan fingerprint density at radius 2 is 1.92 bits per heavy atom. The average molecular weight is 359 g/mol. The molecular weight excluding hydrogens is 336 g/mol. The van der Waals surface area contributed by atoms with E-state index in [9.17, 15) is 4.79 Å². The van der Waals surface area contributed by atoms with Crippen molar-refractivity contribution in [3.05, 3.63) is 70.7 Å². The predicted molar refractivity (Wildman–Crippen MR) is 99.3 cm³/mol. The minimum Gasteiger partial charge on any atom is -0.445 e. The quantitative estimate of drug-likeness (QED) is 0.889. The average Bonchev–Trinajstić information content (AvgIpc) is 2.61. The largest absolute Gasteiger partial charge is 0.445 e. The molecule has 0 radical (unpaired) electrons. The molecule has 0 spiro atoms. The van der Waals surface area contributed by atoms with Crippen LogP contribution in [0.5, 0.6) is 0 Å². The fourth-order valence-electron chi connectivity index (χ4n) is 3.44. The molecule has 1 aliphatic heterocycles. The summed E-state index contributed by atoms with van der Waals surface area (Å²) < 4.78 is 5.56. The van der Waals surface area contributed by atoms with Gasteiger partial charge in [-0.1, -0.05) is 54.1 Å². The zero-order valence-corrected chi connectivity index (χ0v) is 15.1. The number of nitrogens with two attached hydrogens (primary N) is 1. The fraction of sp³-hybridized carbons (Fsp3) is 0.350. The number of amides is 1. The number of carbonyl (C=O) groups excluding carboxylic acids is 1. The highest BCUT2D eigenvalue weighted by atomic mass is 35.5. The maximum absolute atomic E-state index is 12.8. The first-order chi connectivity index (χ1) is 12.0. The number of benzene rings is 2. The summed E-state index contributed by atoms with van der Waals surface area (Å²) >= 11 is 6.01. The van der Waals surface area contributed by atoms with Crippen molar-refractivity contribution >= 4 is 17.7 Å². The van der Waals surface area contributed by atoms with Gasteiger partial charge in [0.15, 0.2) is 0 Å². The predicted octanol–water partition coefficient (Wildman–Crippen LogP) is 4.32. The van der Waals surface area contributed by atoms with Gasteiger partial charge in [-0.2, -0.15) is 0 Å². The molecule has 2 unspecified atom stereocenters. The first-order valence-corrected chi connectivity index (χ1v) is 8.87. The third-order valence-electron chi connectivity index (χ3n) is 4.87. The molecule has 1 aliphatic rings. The first kappa shape index (κ1) is 17.8. The van der Waals surface area contributed by atoms with Gasteiger partial charge < -0.3 is 10.5 Å². The highest BCUT2D eigenvalue weighted by Gasteiger charge is 2.42. The van der Waals surface area contributed by atoms with Crippen molar-refractivity contribution in [3.8, 4) is 0 Å². The van der Waals surface area contributed by atoms with Crippen LogP contribution in [0.15, 0.2) is 54.6 Å². The molecule has 1 saturated heterocycles. The van der Waals surface area contributed by atoms with E-state index in [1.165, 1.54) is 0 Å². The van der Waals surface area contributed by atoms with Gasteiger partial charge in [-0.15, -0.1) is 0 Å². The zero-order chi connectivity index (χ0) is 17.9. The highest BCUT2D eigenvalue weighted by Crippen LogP contribution is 2.38. The van der Waals surface area contributed by atoms with Gasteiger partial charge in [0.1, 0.15) is 6.61 Å². The number of piperidine rings is 1. The highest BCUT2D eigenvalue weighted by molar-refractivity contribution is 6.30. The molecule has 2 N–H and O–H groups in total. The SMILES string of the molecule is CC1(c2ccc(Cl)cc2)CC(N)CCN1C(=O)OCc1ccccc1. The molecule has 0 saturated carbocycles. The third-order valence-corrected chi connectivity index (χ3v) is 5.12. The summed E-state index contributed by atoms with van der Waals surface area (Å²) in [6.07, 6.45) is 1.15. The number of carbonyl (C=O) groups is 1. The van der Waals surface area contributed by atoms with Crippen molar-refractivity contribution in [3.63, 3.8) is 0 Å². The second kappa shape index (κ2) is 7.46. The molecule has 0 aliphatic carbocycles. The van der Waals surface area contributed by atoms with Crippen LogP contribution in [0, 0.1) is 0 Å². The molecule has 3 rings (SSSR count). The van der Waals surface area contributed by atoms with Crippen LogP contribution in [0.2, 0.25) is 5.02 Å². The molecule has 132 valence electrons. The molecule has 4 nitrogen and oxygen atoms in total. The van der Waals surface area contributed by atoms with Gasteiger partial charge in [0.25, 0.3) is 0 Å².